The molecule has 0 saturated carbocycles. The summed E-state index contributed by atoms with van der Waals surface area (Å²) in [7, 11) is 0. The quantitative estimate of drug-likeness (QED) is 0.176. The van der Waals surface area contributed by atoms with Crippen LogP contribution in [0.3, 0.4) is 0 Å². The van der Waals surface area contributed by atoms with Crippen molar-refractivity contribution in [3.8, 4) is 11.1 Å². The molecule has 7 rings (SSSR count). The first kappa shape index (κ1) is 27.5. The smallest absolute Gasteiger partial charge is 0.198 e. The van der Waals surface area contributed by atoms with Gasteiger partial charge in [0.1, 0.15) is 0 Å². The third-order valence-electron chi connectivity index (χ3n) is 8.47. The molecule has 0 radical (unpaired) electrons. The molecule has 4 nitrogen and oxygen atoms in total. The van der Waals surface area contributed by atoms with Crippen LogP contribution in [0.1, 0.15) is 47.6 Å². The zero-order valence-corrected chi connectivity index (χ0v) is 24.8. The van der Waals surface area contributed by atoms with Gasteiger partial charge in [0.15, 0.2) is 5.79 Å². The van der Waals surface area contributed by atoms with Gasteiger partial charge in [0, 0.05) is 34.1 Å². The molecule has 0 bridgehead atoms. The summed E-state index contributed by atoms with van der Waals surface area (Å²) in [6, 6.07) is 34.2. The predicted octanol–water partition coefficient (Wildman–Crippen LogP) is 8.79. The molecule has 1 fully saturated rings. The van der Waals surface area contributed by atoms with Crippen molar-refractivity contribution >= 4 is 21.4 Å². The van der Waals surface area contributed by atoms with Crippen LogP contribution in [0.2, 0.25) is 0 Å². The fourth-order valence-electron chi connectivity index (χ4n) is 6.21. The van der Waals surface area contributed by atoms with Crippen molar-refractivity contribution in [3.05, 3.63) is 130 Å². The first-order valence-electron chi connectivity index (χ1n) is 14.9. The molecule has 2 aliphatic rings. The Labute approximate surface area is 251 Å². The summed E-state index contributed by atoms with van der Waals surface area (Å²) in [5.41, 5.74) is 8.50. The molecule has 3 heterocycles. The van der Waals surface area contributed by atoms with Gasteiger partial charge in [-0.15, -0.1) is 11.3 Å². The monoisotopic (exact) mass is 576 g/mol. The lowest BCUT2D eigenvalue weighted by Crippen LogP contribution is -2.46. The van der Waals surface area contributed by atoms with E-state index in [0.29, 0.717) is 32.8 Å². The van der Waals surface area contributed by atoms with Crippen LogP contribution in [0.5, 0.6) is 0 Å². The average molecular weight is 577 g/mol. The summed E-state index contributed by atoms with van der Waals surface area (Å²) >= 11 is 1.79. The maximum atomic E-state index is 6.86. The second-order valence-electron chi connectivity index (χ2n) is 11.3. The van der Waals surface area contributed by atoms with Crippen LogP contribution in [-0.2, 0) is 51.0 Å². The van der Waals surface area contributed by atoms with E-state index >= 15 is 0 Å². The minimum atomic E-state index is -0.852. The van der Waals surface area contributed by atoms with Crippen molar-refractivity contribution in [1.82, 2.24) is 0 Å². The van der Waals surface area contributed by atoms with Crippen LogP contribution in [0.4, 0.5) is 0 Å². The topological polar surface area (TPSA) is 36.9 Å². The van der Waals surface area contributed by atoms with Gasteiger partial charge in [-0.3, -0.25) is 0 Å². The molecule has 0 unspecified atom stereocenters. The second-order valence-corrected chi connectivity index (χ2v) is 12.3. The molecule has 5 aromatic rings. The fourth-order valence-corrected chi connectivity index (χ4v) is 7.23. The molecule has 4 aromatic carbocycles. The van der Waals surface area contributed by atoms with Gasteiger partial charge in [-0.1, -0.05) is 91.9 Å². The number of benzene rings is 4. The summed E-state index contributed by atoms with van der Waals surface area (Å²) in [5.74, 6) is -0.852. The zero-order valence-electron chi connectivity index (χ0n) is 24.0. The summed E-state index contributed by atoms with van der Waals surface area (Å²) in [4.78, 5) is 0. The van der Waals surface area contributed by atoms with Crippen LogP contribution in [0, 0.1) is 0 Å². The van der Waals surface area contributed by atoms with Crippen molar-refractivity contribution < 1.29 is 18.9 Å². The van der Waals surface area contributed by atoms with E-state index in [1.807, 2.05) is 24.3 Å². The minimum Gasteiger partial charge on any atom is -0.374 e. The van der Waals surface area contributed by atoms with Crippen LogP contribution in [0.25, 0.3) is 21.2 Å². The summed E-state index contributed by atoms with van der Waals surface area (Å²) in [6.45, 7) is 4.32. The normalized spacial score (nSPS) is 21.6. The Morgan fingerprint density at radius 2 is 1.60 bits per heavy atom. The van der Waals surface area contributed by atoms with E-state index in [0.717, 1.165) is 24.0 Å². The maximum Gasteiger partial charge on any atom is 0.198 e. The predicted molar refractivity (Wildman–Crippen MR) is 168 cm³/mol. The Kier molecular flexibility index (Phi) is 7.94. The molecule has 42 heavy (non-hydrogen) atoms. The van der Waals surface area contributed by atoms with Gasteiger partial charge in [-0.2, -0.15) is 0 Å². The highest BCUT2D eigenvalue weighted by Gasteiger charge is 2.49. The van der Waals surface area contributed by atoms with Crippen LogP contribution < -0.4 is 0 Å². The number of hydrogen-bond donors (Lipinski definition) is 0. The summed E-state index contributed by atoms with van der Waals surface area (Å²) in [6.07, 6.45) is 2.29. The van der Waals surface area contributed by atoms with E-state index in [-0.39, 0.29) is 12.2 Å². The molecular weight excluding hydrogens is 540 g/mol. The summed E-state index contributed by atoms with van der Waals surface area (Å²) in [5, 5.41) is 3.53. The van der Waals surface area contributed by atoms with Crippen molar-refractivity contribution in [1.29, 1.82) is 0 Å². The molecule has 1 spiro atoms. The van der Waals surface area contributed by atoms with E-state index in [1.165, 1.54) is 37.9 Å². The molecular formula is C37H36O4S. The van der Waals surface area contributed by atoms with Gasteiger partial charge in [0.2, 0.25) is 0 Å². The van der Waals surface area contributed by atoms with E-state index in [9.17, 15) is 0 Å². The highest BCUT2D eigenvalue weighted by Crippen LogP contribution is 2.49. The van der Waals surface area contributed by atoms with Crippen molar-refractivity contribution in [2.45, 2.75) is 64.0 Å². The number of ether oxygens (including phenoxy) is 4. The van der Waals surface area contributed by atoms with Gasteiger partial charge in [0.25, 0.3) is 0 Å². The number of hydrogen-bond acceptors (Lipinski definition) is 5. The maximum absolute atomic E-state index is 6.86. The van der Waals surface area contributed by atoms with E-state index < -0.39 is 5.79 Å². The third-order valence-corrected chi connectivity index (χ3v) is 9.41. The van der Waals surface area contributed by atoms with Gasteiger partial charge in [-0.05, 0) is 51.8 Å². The number of rotatable bonds is 9. The van der Waals surface area contributed by atoms with Gasteiger partial charge >= 0.3 is 0 Å². The van der Waals surface area contributed by atoms with E-state index in [4.69, 9.17) is 18.9 Å². The van der Waals surface area contributed by atoms with Crippen molar-refractivity contribution in [2.24, 2.45) is 0 Å². The molecule has 5 heteroatoms. The Bertz CT molecular complexity index is 1630. The Morgan fingerprint density at radius 3 is 2.33 bits per heavy atom. The standard InChI is InChI=1S/C37H36O4S/c1-2-26-13-15-29(16-14-26)34-25-42-36-17-30-23-40-37(35(30)19-33(34)36)20-31(39-22-28-11-7-4-8-12-28)18-32(41-37)24-38-21-27-9-5-3-6-10-27/h3-17,19,25,31-32H,2,18,20-24H2,1H3/t31-,32-,37+/m0/s1. The lowest BCUT2D eigenvalue weighted by Gasteiger charge is -2.42. The molecule has 2 aliphatic heterocycles. The van der Waals surface area contributed by atoms with Crippen molar-refractivity contribution in [3.63, 3.8) is 0 Å². The Morgan fingerprint density at radius 1 is 0.857 bits per heavy atom. The summed E-state index contributed by atoms with van der Waals surface area (Å²) < 4.78 is 27.4. The van der Waals surface area contributed by atoms with Crippen LogP contribution >= 0.6 is 11.3 Å². The average Bonchev–Trinajstić information content (AvgIpc) is 3.61. The first-order chi connectivity index (χ1) is 20.7. The molecule has 1 saturated heterocycles. The van der Waals surface area contributed by atoms with Gasteiger partial charge < -0.3 is 18.9 Å². The second kappa shape index (κ2) is 12.1. The van der Waals surface area contributed by atoms with Gasteiger partial charge in [-0.25, -0.2) is 0 Å². The van der Waals surface area contributed by atoms with Gasteiger partial charge in [0.05, 0.1) is 38.6 Å². The number of fused-ring (bicyclic) bond motifs is 3. The first-order valence-corrected chi connectivity index (χ1v) is 15.8. The van der Waals surface area contributed by atoms with Crippen molar-refractivity contribution in [2.75, 3.05) is 6.61 Å². The lowest BCUT2D eigenvalue weighted by atomic mass is 9.90. The lowest BCUT2D eigenvalue weighted by molar-refractivity contribution is -0.309. The molecule has 3 atom stereocenters. The minimum absolute atomic E-state index is 0.0190. The molecule has 0 N–H and O–H groups in total. The Hall–Kier alpha value is -3.32. The fraction of sp³-hybridized carbons (Fsp3) is 0.297. The zero-order chi connectivity index (χ0) is 28.4. The molecule has 1 aromatic heterocycles. The number of aryl methyl sites for hydroxylation is 1. The molecule has 0 aliphatic carbocycles. The third kappa shape index (κ3) is 5.68. The number of thiophene rings is 1. The highest BCUT2D eigenvalue weighted by molar-refractivity contribution is 7.17. The highest BCUT2D eigenvalue weighted by atomic mass is 32.1. The SMILES string of the molecule is CCc1ccc(-c2csc3cc4c(cc23)[C@]2(C[C@@H](OCc3ccccc3)C[C@@H](COCc3ccccc3)O2)OC4)cc1. The van der Waals surface area contributed by atoms with E-state index in [1.54, 1.807) is 11.3 Å². The van der Waals surface area contributed by atoms with Crippen LogP contribution in [-0.4, -0.2) is 18.8 Å². The largest absolute Gasteiger partial charge is 0.374 e. The van der Waals surface area contributed by atoms with Crippen LogP contribution in [0.15, 0.2) is 102 Å². The molecule has 214 valence electrons. The van der Waals surface area contributed by atoms with E-state index in [2.05, 4.69) is 85.1 Å². The molecule has 0 amide bonds. The Balaban J connectivity index is 1.18.